The highest BCUT2D eigenvalue weighted by molar-refractivity contribution is 6.25. The van der Waals surface area contributed by atoms with Gasteiger partial charge in [0.05, 0.1) is 0 Å². The second-order valence-corrected chi connectivity index (χ2v) is 8.28. The minimum Gasteiger partial charge on any atom is -0.361 e. The predicted molar refractivity (Wildman–Crippen MR) is 125 cm³/mol. The lowest BCUT2D eigenvalue weighted by molar-refractivity contribution is 0.0946. The number of ketones is 1. The van der Waals surface area contributed by atoms with Crippen LogP contribution in [0.1, 0.15) is 27.0 Å². The number of hydrogen-bond acceptors (Lipinski definition) is 1. The van der Waals surface area contributed by atoms with Crippen molar-refractivity contribution in [3.63, 3.8) is 0 Å². The van der Waals surface area contributed by atoms with Crippen LogP contribution in [0, 0.1) is 0 Å². The number of Topliss-reactive ketones (excluding diaryl/α,β-unsaturated/α-hetero) is 1. The summed E-state index contributed by atoms with van der Waals surface area (Å²) in [6.07, 6.45) is 4.05. The summed E-state index contributed by atoms with van der Waals surface area (Å²) in [7, 11) is 0. The van der Waals surface area contributed by atoms with E-state index in [1.807, 2.05) is 48.8 Å². The maximum absolute atomic E-state index is 14.5. The molecule has 146 valence electrons. The largest absolute Gasteiger partial charge is 0.361 e. The predicted octanol–water partition coefficient (Wildman–Crippen LogP) is 6.33. The van der Waals surface area contributed by atoms with Gasteiger partial charge >= 0.3 is 0 Å². The maximum atomic E-state index is 14.5. The molecule has 2 N–H and O–H groups in total. The van der Waals surface area contributed by atoms with Crippen LogP contribution in [-0.2, 0) is 5.41 Å². The molecule has 6 aromatic rings. The molecule has 0 fully saturated rings. The van der Waals surface area contributed by atoms with Crippen molar-refractivity contribution < 1.29 is 4.79 Å². The Morgan fingerprint density at radius 2 is 1.16 bits per heavy atom. The number of fused-ring (bicyclic) bond motifs is 2. The van der Waals surface area contributed by atoms with Crippen molar-refractivity contribution >= 4 is 38.4 Å². The van der Waals surface area contributed by atoms with Crippen molar-refractivity contribution in [2.45, 2.75) is 5.41 Å². The summed E-state index contributed by atoms with van der Waals surface area (Å²) >= 11 is 0. The molecule has 0 saturated carbocycles. The number of para-hydroxylation sites is 2. The lowest BCUT2D eigenvalue weighted by Crippen LogP contribution is -2.34. The number of aromatic nitrogens is 2. The van der Waals surface area contributed by atoms with Gasteiger partial charge in [-0.2, -0.15) is 0 Å². The third kappa shape index (κ3) is 1.91. The van der Waals surface area contributed by atoms with Crippen LogP contribution in [0.25, 0.3) is 32.6 Å². The first-order valence-corrected chi connectivity index (χ1v) is 10.5. The van der Waals surface area contributed by atoms with Crippen molar-refractivity contribution in [2.24, 2.45) is 0 Å². The van der Waals surface area contributed by atoms with E-state index in [4.69, 9.17) is 0 Å². The first-order valence-electron chi connectivity index (χ1n) is 10.5. The summed E-state index contributed by atoms with van der Waals surface area (Å²) in [5.74, 6) is 0.133. The summed E-state index contributed by atoms with van der Waals surface area (Å²) in [5.41, 5.74) is 5.01. The zero-order valence-corrected chi connectivity index (χ0v) is 16.6. The second kappa shape index (κ2) is 5.73. The molecule has 0 unspecified atom stereocenters. The fourth-order valence-electron chi connectivity index (χ4n) is 5.61. The minimum atomic E-state index is -0.914. The lowest BCUT2D eigenvalue weighted by atomic mass is 9.68. The maximum Gasteiger partial charge on any atom is 0.183 e. The number of nitrogens with one attached hydrogen (secondary N) is 2. The first kappa shape index (κ1) is 16.7. The van der Waals surface area contributed by atoms with Gasteiger partial charge in [0.1, 0.15) is 5.41 Å². The van der Waals surface area contributed by atoms with Crippen LogP contribution in [0.4, 0.5) is 0 Å². The molecule has 7 rings (SSSR count). The summed E-state index contributed by atoms with van der Waals surface area (Å²) in [6.45, 7) is 0. The first-order chi connectivity index (χ1) is 15.3. The van der Waals surface area contributed by atoms with Gasteiger partial charge < -0.3 is 9.97 Å². The Labute approximate surface area is 178 Å². The van der Waals surface area contributed by atoms with Crippen LogP contribution in [0.15, 0.2) is 97.3 Å². The van der Waals surface area contributed by atoms with E-state index in [0.29, 0.717) is 0 Å². The Morgan fingerprint density at radius 1 is 0.581 bits per heavy atom. The van der Waals surface area contributed by atoms with Gasteiger partial charge in [-0.15, -0.1) is 0 Å². The fourth-order valence-corrected chi connectivity index (χ4v) is 5.61. The van der Waals surface area contributed by atoms with Gasteiger partial charge in [-0.05, 0) is 28.5 Å². The number of carbonyl (C=O) groups is 1. The summed E-state index contributed by atoms with van der Waals surface area (Å²) < 4.78 is 0. The van der Waals surface area contributed by atoms with E-state index in [9.17, 15) is 4.79 Å². The van der Waals surface area contributed by atoms with E-state index in [1.165, 1.54) is 0 Å². The number of carbonyl (C=O) groups excluding carboxylic acids is 1. The van der Waals surface area contributed by atoms with E-state index < -0.39 is 5.41 Å². The Kier molecular flexibility index (Phi) is 3.08. The quantitative estimate of drug-likeness (QED) is 0.352. The monoisotopic (exact) mass is 398 g/mol. The molecule has 3 nitrogen and oxygen atoms in total. The van der Waals surface area contributed by atoms with Gasteiger partial charge in [0.2, 0.25) is 0 Å². The summed E-state index contributed by atoms with van der Waals surface area (Å²) in [5, 5.41) is 4.31. The van der Waals surface area contributed by atoms with Crippen molar-refractivity contribution in [1.82, 2.24) is 9.97 Å². The molecular formula is C28H18N2O. The van der Waals surface area contributed by atoms with Crippen LogP contribution in [0.2, 0.25) is 0 Å². The minimum absolute atomic E-state index is 0.133. The molecule has 0 saturated heterocycles. The Hall–Kier alpha value is -4.11. The van der Waals surface area contributed by atoms with E-state index in [2.05, 4.69) is 58.5 Å². The van der Waals surface area contributed by atoms with E-state index in [-0.39, 0.29) is 5.78 Å². The second-order valence-electron chi connectivity index (χ2n) is 8.28. The van der Waals surface area contributed by atoms with Crippen LogP contribution >= 0.6 is 0 Å². The van der Waals surface area contributed by atoms with Crippen molar-refractivity contribution in [3.05, 3.63) is 120 Å². The molecule has 0 bridgehead atoms. The highest BCUT2D eigenvalue weighted by Gasteiger charge is 2.52. The molecule has 0 aliphatic heterocycles. The van der Waals surface area contributed by atoms with Crippen LogP contribution in [-0.4, -0.2) is 15.8 Å². The molecule has 2 heterocycles. The van der Waals surface area contributed by atoms with E-state index in [0.717, 1.165) is 54.8 Å². The molecule has 0 amide bonds. The van der Waals surface area contributed by atoms with Crippen molar-refractivity contribution in [2.75, 3.05) is 0 Å². The molecule has 0 atom stereocenters. The van der Waals surface area contributed by atoms with Crippen LogP contribution in [0.5, 0.6) is 0 Å². The Bertz CT molecular complexity index is 1590. The average molecular weight is 398 g/mol. The lowest BCUT2D eigenvalue weighted by Gasteiger charge is -2.29. The van der Waals surface area contributed by atoms with Crippen LogP contribution in [0.3, 0.4) is 0 Å². The standard InChI is InChI=1S/C28H18N2O/c31-27-20-11-5-7-17-8-6-12-21(26(17)20)28(27,22-15-29-24-13-3-1-9-18(22)24)23-16-30-25-14-4-2-10-19(23)25/h1-16,29-30H. The molecule has 3 heteroatoms. The smallest absolute Gasteiger partial charge is 0.183 e. The zero-order chi connectivity index (χ0) is 20.6. The zero-order valence-electron chi connectivity index (χ0n) is 16.6. The van der Waals surface area contributed by atoms with Gasteiger partial charge in [-0.1, -0.05) is 72.8 Å². The highest BCUT2D eigenvalue weighted by Crippen LogP contribution is 2.53. The Morgan fingerprint density at radius 3 is 1.81 bits per heavy atom. The average Bonchev–Trinajstić information content (AvgIpc) is 3.50. The highest BCUT2D eigenvalue weighted by atomic mass is 16.1. The molecule has 2 aromatic heterocycles. The molecule has 31 heavy (non-hydrogen) atoms. The van der Waals surface area contributed by atoms with Gasteiger partial charge in [0.15, 0.2) is 5.78 Å². The van der Waals surface area contributed by atoms with Crippen molar-refractivity contribution in [1.29, 1.82) is 0 Å². The number of rotatable bonds is 2. The molecular weight excluding hydrogens is 380 g/mol. The molecule has 1 aliphatic rings. The van der Waals surface area contributed by atoms with E-state index >= 15 is 0 Å². The molecule has 0 spiro atoms. The molecule has 4 aromatic carbocycles. The fraction of sp³-hybridized carbons (Fsp3) is 0.0357. The summed E-state index contributed by atoms with van der Waals surface area (Å²) in [4.78, 5) is 21.3. The molecule has 1 aliphatic carbocycles. The SMILES string of the molecule is O=C1c2cccc3cccc(c23)C1(c1c[nH]c2ccccc12)c1c[nH]c2ccccc12. The number of hydrogen-bond donors (Lipinski definition) is 2. The van der Waals surface area contributed by atoms with Crippen LogP contribution < -0.4 is 0 Å². The van der Waals surface area contributed by atoms with Gasteiger partial charge in [0, 0.05) is 50.9 Å². The van der Waals surface area contributed by atoms with Gasteiger partial charge in [-0.3, -0.25) is 4.79 Å². The van der Waals surface area contributed by atoms with Crippen molar-refractivity contribution in [3.8, 4) is 0 Å². The topological polar surface area (TPSA) is 48.6 Å². The Balaban J connectivity index is 1.72. The molecule has 0 radical (unpaired) electrons. The third-order valence-electron chi connectivity index (χ3n) is 6.88. The third-order valence-corrected chi connectivity index (χ3v) is 6.88. The van der Waals surface area contributed by atoms with Gasteiger partial charge in [-0.25, -0.2) is 0 Å². The number of benzene rings is 4. The number of H-pyrrole nitrogens is 2. The van der Waals surface area contributed by atoms with Gasteiger partial charge in [0.25, 0.3) is 0 Å². The number of aromatic amines is 2. The normalized spacial score (nSPS) is 14.8. The summed E-state index contributed by atoms with van der Waals surface area (Å²) in [6, 6.07) is 28.8. The van der Waals surface area contributed by atoms with E-state index in [1.54, 1.807) is 0 Å².